The van der Waals surface area contributed by atoms with Crippen molar-refractivity contribution in [2.75, 3.05) is 23.8 Å². The van der Waals surface area contributed by atoms with Crippen LogP contribution in [0.15, 0.2) is 0 Å². The van der Waals surface area contributed by atoms with E-state index in [1.165, 1.54) is 0 Å². The van der Waals surface area contributed by atoms with Gasteiger partial charge in [0, 0.05) is 20.4 Å². The van der Waals surface area contributed by atoms with Crippen LogP contribution in [0.4, 0.5) is 0 Å². The molecule has 13 heteroatoms. The third kappa shape index (κ3) is 14.2. The molecule has 0 atom stereocenters. The van der Waals surface area contributed by atoms with Crippen molar-refractivity contribution in [2.45, 2.75) is 117 Å². The molecule has 6 nitrogen and oxygen atoms in total. The predicted octanol–water partition coefficient (Wildman–Crippen LogP) is 7.53. The van der Waals surface area contributed by atoms with Crippen molar-refractivity contribution in [1.29, 1.82) is 0 Å². The second kappa shape index (κ2) is 14.0. The minimum Gasteiger partial charge on any atom is 0 e. The predicted molar refractivity (Wildman–Crippen MR) is 159 cm³/mol. The fourth-order valence-corrected chi connectivity index (χ4v) is 15.9. The van der Waals surface area contributed by atoms with Gasteiger partial charge < -0.3 is 0 Å². The SMILES string of the molecule is CC(C)(C)[PH](Cl)(CCCS(=O)(=O)O)C(C)(C)C.CC(C)(C)[PH](Cl)(CCCS(=O)(=O)O)C(C)(C)C.[Pd]. The molecule has 0 radical (unpaired) electrons. The summed E-state index contributed by atoms with van der Waals surface area (Å²) >= 11 is 13.8. The van der Waals surface area contributed by atoms with Crippen LogP contribution in [0.25, 0.3) is 0 Å². The van der Waals surface area contributed by atoms with E-state index in [4.69, 9.17) is 31.6 Å². The summed E-state index contributed by atoms with van der Waals surface area (Å²) in [5.74, 6) is -0.388. The molecule has 0 heterocycles. The van der Waals surface area contributed by atoms with Crippen molar-refractivity contribution >= 4 is 55.9 Å². The minimum absolute atomic E-state index is 0. The molecule has 0 bridgehead atoms. The first-order valence-electron chi connectivity index (χ1n) is 11.7. The average Bonchev–Trinajstić information content (AvgIpc) is 2.48. The second-order valence-corrected chi connectivity index (χ2v) is 30.6. The molecule has 0 amide bonds. The van der Waals surface area contributed by atoms with Gasteiger partial charge in [-0.05, 0) is 0 Å². The van der Waals surface area contributed by atoms with E-state index < -0.39 is 33.5 Å². The van der Waals surface area contributed by atoms with Crippen LogP contribution in [-0.4, -0.2) is 70.4 Å². The Morgan fingerprint density at radius 2 is 0.714 bits per heavy atom. The van der Waals surface area contributed by atoms with Gasteiger partial charge in [0.25, 0.3) is 0 Å². The van der Waals surface area contributed by atoms with E-state index in [1.807, 2.05) is 0 Å². The van der Waals surface area contributed by atoms with Gasteiger partial charge in [-0.3, -0.25) is 0 Å². The molecule has 0 saturated carbocycles. The maximum atomic E-state index is 10.7. The summed E-state index contributed by atoms with van der Waals surface area (Å²) in [4.78, 5) is 0. The first kappa shape index (κ1) is 41.4. The summed E-state index contributed by atoms with van der Waals surface area (Å²) < 4.78 is 60.5. The number of halogens is 2. The second-order valence-electron chi connectivity index (χ2n) is 13.4. The molecule has 0 rings (SSSR count). The van der Waals surface area contributed by atoms with Gasteiger partial charge in [0.15, 0.2) is 0 Å². The maximum absolute atomic E-state index is 10.7. The average molecular weight is 716 g/mol. The van der Waals surface area contributed by atoms with E-state index in [9.17, 15) is 16.8 Å². The zero-order valence-electron chi connectivity index (χ0n) is 23.7. The van der Waals surface area contributed by atoms with E-state index in [1.54, 1.807) is 0 Å². The van der Waals surface area contributed by atoms with Crippen LogP contribution in [0.3, 0.4) is 0 Å². The molecule has 0 aromatic heterocycles. The molecule has 0 aliphatic carbocycles. The van der Waals surface area contributed by atoms with Gasteiger partial charge in [0.05, 0.1) is 0 Å². The molecule has 2 N–H and O–H groups in total. The van der Waals surface area contributed by atoms with E-state index >= 15 is 0 Å². The van der Waals surface area contributed by atoms with Gasteiger partial charge in [-0.15, -0.1) is 0 Å². The largest absolute Gasteiger partial charge is 0 e. The van der Waals surface area contributed by atoms with Crippen LogP contribution in [-0.2, 0) is 40.7 Å². The molecule has 0 aromatic carbocycles. The molecular weight excluding hydrogens is 664 g/mol. The molecule has 35 heavy (non-hydrogen) atoms. The summed E-state index contributed by atoms with van der Waals surface area (Å²) in [6.07, 6.45) is 2.26. The Morgan fingerprint density at radius 1 is 0.543 bits per heavy atom. The first-order chi connectivity index (χ1) is 14.4. The third-order valence-electron chi connectivity index (χ3n) is 6.60. The quantitative estimate of drug-likeness (QED) is 0.153. The van der Waals surface area contributed by atoms with Crippen LogP contribution in [0.5, 0.6) is 0 Å². The van der Waals surface area contributed by atoms with Crippen molar-refractivity contribution in [3.05, 3.63) is 0 Å². The Bertz CT molecular complexity index is 754. The molecule has 0 aliphatic heterocycles. The van der Waals surface area contributed by atoms with Crippen molar-refractivity contribution < 1.29 is 46.4 Å². The van der Waals surface area contributed by atoms with Crippen molar-refractivity contribution in [1.82, 2.24) is 0 Å². The van der Waals surface area contributed by atoms with Gasteiger partial charge in [-0.1, -0.05) is 0 Å². The van der Waals surface area contributed by atoms with Gasteiger partial charge in [-0.2, -0.15) is 0 Å². The Morgan fingerprint density at radius 3 is 0.829 bits per heavy atom. The van der Waals surface area contributed by atoms with Crippen LogP contribution >= 0.6 is 35.7 Å². The standard InChI is InChI=1S/2C11H26ClO3PS.Pd/c2*1-10(2,3)16(12,11(4,5)6)8-7-9-17(13,14)15;/h2*16H,7-9H2,1-6H3,(H,13,14,15);. The molecule has 0 saturated heterocycles. The van der Waals surface area contributed by atoms with Gasteiger partial charge >= 0.3 is 222 Å². The summed E-state index contributed by atoms with van der Waals surface area (Å²) in [7, 11) is -7.75. The fourth-order valence-electron chi connectivity index (χ4n) is 4.75. The van der Waals surface area contributed by atoms with Crippen molar-refractivity contribution in [3.63, 3.8) is 0 Å². The van der Waals surface area contributed by atoms with Crippen LogP contribution in [0.1, 0.15) is 95.9 Å². The van der Waals surface area contributed by atoms with Gasteiger partial charge in [0.1, 0.15) is 0 Å². The van der Waals surface area contributed by atoms with Crippen molar-refractivity contribution in [2.24, 2.45) is 0 Å². The Balaban J connectivity index is -0.000000569. The Hall–Kier alpha value is 1.92. The molecular formula is C22H52Cl2O6P2PdS2. The zero-order chi connectivity index (χ0) is 28.2. The smallest absolute Gasteiger partial charge is 0 e. The molecule has 222 valence electrons. The zero-order valence-corrected chi connectivity index (χ0v) is 30.4. The topological polar surface area (TPSA) is 109 Å². The Kier molecular flexibility index (Phi) is 16.6. The minimum atomic E-state index is -3.87. The summed E-state index contributed by atoms with van der Waals surface area (Å²) in [5.41, 5.74) is 0. The van der Waals surface area contributed by atoms with E-state index in [2.05, 4.69) is 83.1 Å². The van der Waals surface area contributed by atoms with Gasteiger partial charge in [0.2, 0.25) is 0 Å². The molecule has 0 spiro atoms. The molecule has 0 aliphatic rings. The molecule has 0 unspecified atom stereocenters. The summed E-state index contributed by atoms with van der Waals surface area (Å²) in [6, 6.07) is 0. The fraction of sp³-hybridized carbons (Fsp3) is 1.00. The molecule has 0 aromatic rings. The monoisotopic (exact) mass is 714 g/mol. The van der Waals surface area contributed by atoms with E-state index in [0.717, 1.165) is 0 Å². The number of hydrogen-bond acceptors (Lipinski definition) is 4. The van der Waals surface area contributed by atoms with E-state index in [-0.39, 0.29) is 52.6 Å². The number of hydrogen-bond donors (Lipinski definition) is 2. The molecule has 0 fully saturated rings. The van der Waals surface area contributed by atoms with E-state index in [0.29, 0.717) is 25.2 Å². The maximum Gasteiger partial charge on any atom is 0 e. The summed E-state index contributed by atoms with van der Waals surface area (Å²) in [6.45, 7) is 21.1. The van der Waals surface area contributed by atoms with Crippen LogP contribution in [0, 0.1) is 0 Å². The van der Waals surface area contributed by atoms with Crippen molar-refractivity contribution in [3.8, 4) is 0 Å². The normalized spacial score (nSPS) is 15.5. The number of rotatable bonds is 8. The van der Waals surface area contributed by atoms with Crippen LogP contribution in [0.2, 0.25) is 0 Å². The van der Waals surface area contributed by atoms with Gasteiger partial charge in [-0.25, -0.2) is 0 Å². The summed E-state index contributed by atoms with van der Waals surface area (Å²) in [5, 5.41) is -0.0317. The van der Waals surface area contributed by atoms with Crippen LogP contribution < -0.4 is 0 Å². The Labute approximate surface area is 241 Å². The first-order valence-corrected chi connectivity index (χ1v) is 21.4. The third-order valence-corrected chi connectivity index (χ3v) is 27.7.